The fourth-order valence-electron chi connectivity index (χ4n) is 2.85. The predicted molar refractivity (Wildman–Crippen MR) is 112 cm³/mol. The van der Waals surface area contributed by atoms with Crippen LogP contribution in [0.4, 0.5) is 10.1 Å². The van der Waals surface area contributed by atoms with Gasteiger partial charge in [0, 0.05) is 10.6 Å². The van der Waals surface area contributed by atoms with E-state index in [0.717, 1.165) is 0 Å². The van der Waals surface area contributed by atoms with Crippen LogP contribution in [0.5, 0.6) is 0 Å². The van der Waals surface area contributed by atoms with Gasteiger partial charge in [-0.05, 0) is 72.9 Å². The van der Waals surface area contributed by atoms with Crippen molar-refractivity contribution >= 4 is 52.5 Å². The van der Waals surface area contributed by atoms with Crippen molar-refractivity contribution in [3.05, 3.63) is 82.8 Å². The van der Waals surface area contributed by atoms with Gasteiger partial charge in [-0.15, -0.1) is 0 Å². The molecule has 1 aromatic heterocycles. The second-order valence-electron chi connectivity index (χ2n) is 6.15. The van der Waals surface area contributed by atoms with Crippen LogP contribution < -0.4 is 10.2 Å². The SMILES string of the molecule is O=C1NC(=S)N(c2cccc(Cl)c2)C(=O)/C1=C/c1ccc(-c2ccc(F)cc2)o1. The molecule has 8 heteroatoms. The lowest BCUT2D eigenvalue weighted by atomic mass is 10.1. The molecule has 0 unspecified atom stereocenters. The first kappa shape index (κ1) is 19.0. The highest BCUT2D eigenvalue weighted by atomic mass is 35.5. The van der Waals surface area contributed by atoms with Gasteiger partial charge in [0.15, 0.2) is 5.11 Å². The van der Waals surface area contributed by atoms with Crippen LogP contribution in [-0.4, -0.2) is 16.9 Å². The third-order valence-corrected chi connectivity index (χ3v) is 4.73. The Bertz CT molecular complexity index is 1170. The lowest BCUT2D eigenvalue weighted by molar-refractivity contribution is -0.122. The zero-order valence-corrected chi connectivity index (χ0v) is 16.3. The van der Waals surface area contributed by atoms with Gasteiger partial charge in [-0.1, -0.05) is 17.7 Å². The largest absolute Gasteiger partial charge is 0.457 e. The molecule has 1 aliphatic rings. The van der Waals surface area contributed by atoms with Gasteiger partial charge in [0.25, 0.3) is 11.8 Å². The summed E-state index contributed by atoms with van der Waals surface area (Å²) >= 11 is 11.2. The van der Waals surface area contributed by atoms with Crippen LogP contribution >= 0.6 is 23.8 Å². The number of carbonyl (C=O) groups is 2. The molecule has 2 aromatic carbocycles. The van der Waals surface area contributed by atoms with Crippen LogP contribution in [0, 0.1) is 5.82 Å². The first-order valence-corrected chi connectivity index (χ1v) is 9.24. The van der Waals surface area contributed by atoms with Gasteiger partial charge < -0.3 is 4.42 Å². The number of halogens is 2. The van der Waals surface area contributed by atoms with Crippen molar-refractivity contribution in [3.8, 4) is 11.3 Å². The maximum absolute atomic E-state index is 13.1. The topological polar surface area (TPSA) is 62.6 Å². The monoisotopic (exact) mass is 426 g/mol. The second kappa shape index (κ2) is 7.62. The lowest BCUT2D eigenvalue weighted by Crippen LogP contribution is -2.54. The van der Waals surface area contributed by atoms with E-state index in [1.54, 1.807) is 48.5 Å². The van der Waals surface area contributed by atoms with Crippen LogP contribution in [0.25, 0.3) is 17.4 Å². The maximum Gasteiger partial charge on any atom is 0.270 e. The van der Waals surface area contributed by atoms with E-state index in [4.69, 9.17) is 28.2 Å². The first-order chi connectivity index (χ1) is 13.9. The minimum absolute atomic E-state index is 0.0362. The molecule has 2 amide bonds. The van der Waals surface area contributed by atoms with E-state index in [0.29, 0.717) is 27.8 Å². The summed E-state index contributed by atoms with van der Waals surface area (Å²) in [6.45, 7) is 0. The number of nitrogens with one attached hydrogen (secondary N) is 1. The van der Waals surface area contributed by atoms with Crippen LogP contribution in [-0.2, 0) is 9.59 Å². The van der Waals surface area contributed by atoms with E-state index in [-0.39, 0.29) is 16.5 Å². The van der Waals surface area contributed by atoms with Crippen molar-refractivity contribution in [2.24, 2.45) is 0 Å². The molecule has 4 rings (SSSR count). The average molecular weight is 427 g/mol. The molecule has 1 saturated heterocycles. The Hall–Kier alpha value is -3.29. The Morgan fingerprint density at radius 1 is 1.07 bits per heavy atom. The van der Waals surface area contributed by atoms with Crippen molar-refractivity contribution < 1.29 is 18.4 Å². The van der Waals surface area contributed by atoms with Gasteiger partial charge >= 0.3 is 0 Å². The quantitative estimate of drug-likeness (QED) is 0.378. The normalized spacial score (nSPS) is 15.7. The molecular formula is C21H12ClFN2O3S. The number of benzene rings is 2. The summed E-state index contributed by atoms with van der Waals surface area (Å²) in [7, 11) is 0. The average Bonchev–Trinajstić information content (AvgIpc) is 3.14. The molecule has 1 fully saturated rings. The summed E-state index contributed by atoms with van der Waals surface area (Å²) in [6, 6.07) is 15.6. The predicted octanol–water partition coefficient (Wildman–Crippen LogP) is 4.57. The molecule has 5 nitrogen and oxygen atoms in total. The number of hydrogen-bond donors (Lipinski definition) is 1. The summed E-state index contributed by atoms with van der Waals surface area (Å²) in [5.41, 5.74) is 0.959. The molecule has 29 heavy (non-hydrogen) atoms. The molecule has 0 radical (unpaired) electrons. The highest BCUT2D eigenvalue weighted by Gasteiger charge is 2.34. The van der Waals surface area contributed by atoms with E-state index < -0.39 is 11.8 Å². The maximum atomic E-state index is 13.1. The molecule has 0 aliphatic carbocycles. The van der Waals surface area contributed by atoms with Crippen LogP contribution in [0.1, 0.15) is 5.76 Å². The van der Waals surface area contributed by atoms with Gasteiger partial charge in [-0.25, -0.2) is 4.39 Å². The smallest absolute Gasteiger partial charge is 0.270 e. The number of rotatable bonds is 3. The van der Waals surface area contributed by atoms with Gasteiger partial charge in [-0.3, -0.25) is 19.8 Å². The molecule has 2 heterocycles. The molecule has 3 aromatic rings. The van der Waals surface area contributed by atoms with Crippen molar-refractivity contribution in [2.75, 3.05) is 4.90 Å². The van der Waals surface area contributed by atoms with E-state index in [1.165, 1.54) is 23.1 Å². The summed E-state index contributed by atoms with van der Waals surface area (Å²) < 4.78 is 18.8. The highest BCUT2D eigenvalue weighted by molar-refractivity contribution is 7.80. The Balaban J connectivity index is 1.67. The second-order valence-corrected chi connectivity index (χ2v) is 6.97. The third kappa shape index (κ3) is 3.83. The Morgan fingerprint density at radius 2 is 1.83 bits per heavy atom. The van der Waals surface area contributed by atoms with E-state index in [2.05, 4.69) is 5.32 Å². The Labute approximate surface area is 175 Å². The molecule has 144 valence electrons. The number of anilines is 1. The third-order valence-electron chi connectivity index (χ3n) is 4.21. The van der Waals surface area contributed by atoms with E-state index in [1.807, 2.05) is 0 Å². The van der Waals surface area contributed by atoms with Crippen molar-refractivity contribution in [1.29, 1.82) is 0 Å². The number of amides is 2. The summed E-state index contributed by atoms with van der Waals surface area (Å²) in [4.78, 5) is 26.5. The van der Waals surface area contributed by atoms with Gasteiger partial charge in [-0.2, -0.15) is 0 Å². The molecule has 0 bridgehead atoms. The summed E-state index contributed by atoms with van der Waals surface area (Å²) in [5.74, 6) is -0.813. The number of furan rings is 1. The standard InChI is InChI=1S/C21H12ClFN2O3S/c22-13-2-1-3-15(10-13)25-20(27)17(19(26)24-21(25)29)11-16-8-9-18(28-16)12-4-6-14(23)7-5-12/h1-11H,(H,24,26,29)/b17-11+. The number of hydrogen-bond acceptors (Lipinski definition) is 4. The molecule has 0 saturated carbocycles. The van der Waals surface area contributed by atoms with E-state index >= 15 is 0 Å². The van der Waals surface area contributed by atoms with Crippen molar-refractivity contribution in [3.63, 3.8) is 0 Å². The minimum atomic E-state index is -0.627. The van der Waals surface area contributed by atoms with Gasteiger partial charge in [0.05, 0.1) is 5.69 Å². The minimum Gasteiger partial charge on any atom is -0.457 e. The van der Waals surface area contributed by atoms with Crippen molar-refractivity contribution in [1.82, 2.24) is 5.32 Å². The Morgan fingerprint density at radius 3 is 2.55 bits per heavy atom. The molecule has 1 N–H and O–H groups in total. The fraction of sp³-hybridized carbons (Fsp3) is 0. The molecule has 1 aliphatic heterocycles. The zero-order valence-electron chi connectivity index (χ0n) is 14.7. The number of nitrogens with zero attached hydrogens (tertiary/aromatic N) is 1. The number of thiocarbonyl (C=S) groups is 1. The van der Waals surface area contributed by atoms with Gasteiger partial charge in [0.1, 0.15) is 22.9 Å². The van der Waals surface area contributed by atoms with Crippen LogP contribution in [0.2, 0.25) is 5.02 Å². The molecule has 0 spiro atoms. The van der Waals surface area contributed by atoms with Crippen LogP contribution in [0.3, 0.4) is 0 Å². The van der Waals surface area contributed by atoms with Crippen LogP contribution in [0.15, 0.2) is 70.7 Å². The Kier molecular flexibility index (Phi) is 5.00. The lowest BCUT2D eigenvalue weighted by Gasteiger charge is -2.28. The van der Waals surface area contributed by atoms with Crippen molar-refractivity contribution in [2.45, 2.75) is 0 Å². The zero-order chi connectivity index (χ0) is 20.5. The fourth-order valence-corrected chi connectivity index (χ4v) is 3.31. The van der Waals surface area contributed by atoms with Gasteiger partial charge in [0.2, 0.25) is 0 Å². The molecule has 0 atom stereocenters. The summed E-state index contributed by atoms with van der Waals surface area (Å²) in [6.07, 6.45) is 1.34. The van der Waals surface area contributed by atoms with E-state index in [9.17, 15) is 14.0 Å². The highest BCUT2D eigenvalue weighted by Crippen LogP contribution is 2.27. The first-order valence-electron chi connectivity index (χ1n) is 8.45. The summed E-state index contributed by atoms with van der Waals surface area (Å²) in [5, 5.41) is 2.89. The molecular weight excluding hydrogens is 415 g/mol. The number of carbonyl (C=O) groups excluding carboxylic acids is 2.